The molecule has 1 atom stereocenters. The summed E-state index contributed by atoms with van der Waals surface area (Å²) in [5.41, 5.74) is 11.9. The fourth-order valence-electron chi connectivity index (χ4n) is 3.98. The molecule has 5 rings (SSSR count). The summed E-state index contributed by atoms with van der Waals surface area (Å²) >= 11 is 3.62. The van der Waals surface area contributed by atoms with Gasteiger partial charge in [0.1, 0.15) is 5.82 Å². The number of nitrogens with two attached hydrogens (primary N) is 1. The molecular formula is C22H23BrN6O. The van der Waals surface area contributed by atoms with Crippen LogP contribution in [0.3, 0.4) is 0 Å². The minimum Gasteiger partial charge on any atom is -0.383 e. The van der Waals surface area contributed by atoms with E-state index in [0.717, 1.165) is 32.2 Å². The van der Waals surface area contributed by atoms with Gasteiger partial charge in [0, 0.05) is 28.8 Å². The Labute approximate surface area is 182 Å². The van der Waals surface area contributed by atoms with E-state index in [1.807, 2.05) is 12.3 Å². The predicted molar refractivity (Wildman–Crippen MR) is 121 cm³/mol. The summed E-state index contributed by atoms with van der Waals surface area (Å²) in [4.78, 5) is 9.57. The van der Waals surface area contributed by atoms with Gasteiger partial charge in [0.15, 0.2) is 5.65 Å². The Morgan fingerprint density at radius 1 is 1.27 bits per heavy atom. The number of nitrogen functional groups attached to an aromatic ring is 1. The molecule has 154 valence electrons. The number of aryl methyl sites for hydroxylation is 1. The molecule has 1 saturated heterocycles. The number of nitrogens with zero attached hydrogens (tertiary/aromatic N) is 4. The molecule has 1 aromatic carbocycles. The van der Waals surface area contributed by atoms with E-state index in [9.17, 15) is 0 Å². The molecule has 1 aliphatic heterocycles. The van der Waals surface area contributed by atoms with Crippen LogP contribution in [0.5, 0.6) is 0 Å². The SMILES string of the molecule is Cc1ccc2ncc(-c3cnn4c(N)c(Br)c(C(C)NC5(C)COC5)nc34)cc2c1. The highest BCUT2D eigenvalue weighted by molar-refractivity contribution is 9.10. The van der Waals surface area contributed by atoms with Gasteiger partial charge >= 0.3 is 0 Å². The lowest BCUT2D eigenvalue weighted by molar-refractivity contribution is -0.0689. The molecule has 0 radical (unpaired) electrons. The summed E-state index contributed by atoms with van der Waals surface area (Å²) in [6, 6.07) is 8.35. The maximum atomic E-state index is 6.41. The Bertz CT molecular complexity index is 1280. The van der Waals surface area contributed by atoms with Crippen molar-refractivity contribution in [1.82, 2.24) is 24.9 Å². The molecule has 3 aromatic heterocycles. The number of fused-ring (bicyclic) bond motifs is 2. The Morgan fingerprint density at radius 3 is 2.80 bits per heavy atom. The third-order valence-electron chi connectivity index (χ3n) is 5.61. The standard InChI is InChI=1S/C22H23BrN6O/c1-12-4-5-17-14(6-12)7-15(8-25-17)16-9-26-29-20(24)18(23)19(27-21(16)29)13(2)28-22(3)10-30-11-22/h4-9,13,28H,10-11,24H2,1-3H3. The van der Waals surface area contributed by atoms with Crippen LogP contribution < -0.4 is 11.1 Å². The lowest BCUT2D eigenvalue weighted by Gasteiger charge is -2.41. The van der Waals surface area contributed by atoms with Crippen molar-refractivity contribution in [2.24, 2.45) is 0 Å². The Kier molecular flexibility index (Phi) is 4.53. The van der Waals surface area contributed by atoms with Gasteiger partial charge in [-0.2, -0.15) is 9.61 Å². The molecule has 8 heteroatoms. The summed E-state index contributed by atoms with van der Waals surface area (Å²) in [6.45, 7) is 7.69. The Morgan fingerprint density at radius 2 is 2.07 bits per heavy atom. The van der Waals surface area contributed by atoms with E-state index in [0.29, 0.717) is 24.7 Å². The van der Waals surface area contributed by atoms with Gasteiger partial charge in [-0.1, -0.05) is 11.6 Å². The van der Waals surface area contributed by atoms with Crippen LogP contribution in [0.15, 0.2) is 41.1 Å². The van der Waals surface area contributed by atoms with Crippen LogP contribution in [0.25, 0.3) is 27.7 Å². The van der Waals surface area contributed by atoms with Crippen LogP contribution in [-0.2, 0) is 4.74 Å². The molecular weight excluding hydrogens is 444 g/mol. The number of halogens is 1. The summed E-state index contributed by atoms with van der Waals surface area (Å²) in [5, 5.41) is 9.18. The molecule has 7 nitrogen and oxygen atoms in total. The average molecular weight is 467 g/mol. The molecule has 0 aliphatic carbocycles. The van der Waals surface area contributed by atoms with Gasteiger partial charge in [0.05, 0.1) is 40.6 Å². The monoisotopic (exact) mass is 466 g/mol. The quantitative estimate of drug-likeness (QED) is 0.471. The van der Waals surface area contributed by atoms with Crippen LogP contribution >= 0.6 is 15.9 Å². The molecule has 1 aliphatic rings. The molecule has 0 bridgehead atoms. The average Bonchev–Trinajstić information content (AvgIpc) is 3.13. The largest absolute Gasteiger partial charge is 0.383 e. The van der Waals surface area contributed by atoms with E-state index in [1.54, 1.807) is 10.7 Å². The third kappa shape index (κ3) is 3.15. The van der Waals surface area contributed by atoms with Gasteiger partial charge < -0.3 is 10.5 Å². The molecule has 0 amide bonds. The highest BCUT2D eigenvalue weighted by Crippen LogP contribution is 2.34. The minimum absolute atomic E-state index is 0.0132. The van der Waals surface area contributed by atoms with Crippen molar-refractivity contribution >= 4 is 38.3 Å². The zero-order chi connectivity index (χ0) is 21.0. The van der Waals surface area contributed by atoms with Crippen molar-refractivity contribution in [1.29, 1.82) is 0 Å². The molecule has 1 fully saturated rings. The Balaban J connectivity index is 1.62. The van der Waals surface area contributed by atoms with Gasteiger partial charge in [-0.25, -0.2) is 4.98 Å². The first-order valence-electron chi connectivity index (χ1n) is 9.89. The number of hydrogen-bond donors (Lipinski definition) is 2. The first kappa shape index (κ1) is 19.4. The first-order valence-corrected chi connectivity index (χ1v) is 10.7. The third-order valence-corrected chi connectivity index (χ3v) is 6.42. The second-order valence-electron chi connectivity index (χ2n) is 8.33. The molecule has 4 heterocycles. The van der Waals surface area contributed by atoms with Crippen LogP contribution in [0.2, 0.25) is 0 Å². The number of hydrogen-bond acceptors (Lipinski definition) is 6. The van der Waals surface area contributed by atoms with Crippen LogP contribution in [-0.4, -0.2) is 38.3 Å². The number of ether oxygens (including phenoxy) is 1. The van der Waals surface area contributed by atoms with E-state index in [4.69, 9.17) is 15.5 Å². The van der Waals surface area contributed by atoms with Crippen LogP contribution in [0.1, 0.15) is 31.1 Å². The predicted octanol–water partition coefficient (Wildman–Crippen LogP) is 4.04. The summed E-state index contributed by atoms with van der Waals surface area (Å²) in [7, 11) is 0. The topological polar surface area (TPSA) is 90.4 Å². The number of nitrogens with one attached hydrogen (secondary N) is 1. The maximum Gasteiger partial charge on any atom is 0.165 e. The fraction of sp³-hybridized carbons (Fsp3) is 0.318. The van der Waals surface area contributed by atoms with Crippen molar-refractivity contribution in [2.75, 3.05) is 18.9 Å². The number of rotatable bonds is 4. The van der Waals surface area contributed by atoms with Crippen molar-refractivity contribution in [3.63, 3.8) is 0 Å². The van der Waals surface area contributed by atoms with E-state index in [-0.39, 0.29) is 11.6 Å². The van der Waals surface area contributed by atoms with Crippen LogP contribution in [0, 0.1) is 6.92 Å². The molecule has 30 heavy (non-hydrogen) atoms. The lowest BCUT2D eigenvalue weighted by atomic mass is 9.98. The molecule has 4 aromatic rings. The highest BCUT2D eigenvalue weighted by Gasteiger charge is 2.35. The minimum atomic E-state index is -0.0510. The van der Waals surface area contributed by atoms with Crippen LogP contribution in [0.4, 0.5) is 5.82 Å². The molecule has 3 N–H and O–H groups in total. The van der Waals surface area contributed by atoms with E-state index >= 15 is 0 Å². The second kappa shape index (κ2) is 7.01. The van der Waals surface area contributed by atoms with Crippen molar-refractivity contribution in [3.05, 3.63) is 52.4 Å². The molecule has 0 saturated carbocycles. The number of anilines is 1. The first-order chi connectivity index (χ1) is 14.3. The lowest BCUT2D eigenvalue weighted by Crippen LogP contribution is -2.58. The van der Waals surface area contributed by atoms with Gasteiger partial charge in [-0.05, 0) is 54.9 Å². The van der Waals surface area contributed by atoms with Gasteiger partial charge in [0.2, 0.25) is 0 Å². The normalized spacial score (nSPS) is 16.7. The zero-order valence-corrected chi connectivity index (χ0v) is 18.7. The van der Waals surface area contributed by atoms with Crippen molar-refractivity contribution in [3.8, 4) is 11.1 Å². The maximum absolute atomic E-state index is 6.41. The number of pyridine rings is 1. The smallest absolute Gasteiger partial charge is 0.165 e. The van der Waals surface area contributed by atoms with E-state index < -0.39 is 0 Å². The second-order valence-corrected chi connectivity index (χ2v) is 9.12. The zero-order valence-electron chi connectivity index (χ0n) is 17.1. The number of aromatic nitrogens is 4. The highest BCUT2D eigenvalue weighted by atomic mass is 79.9. The van der Waals surface area contributed by atoms with E-state index in [2.05, 4.69) is 70.3 Å². The number of benzene rings is 1. The molecule has 1 unspecified atom stereocenters. The summed E-state index contributed by atoms with van der Waals surface area (Å²) in [6.07, 6.45) is 3.66. The van der Waals surface area contributed by atoms with Crippen molar-refractivity contribution in [2.45, 2.75) is 32.4 Å². The van der Waals surface area contributed by atoms with Crippen molar-refractivity contribution < 1.29 is 4.74 Å². The van der Waals surface area contributed by atoms with E-state index in [1.165, 1.54) is 5.56 Å². The summed E-state index contributed by atoms with van der Waals surface area (Å²) < 4.78 is 7.79. The molecule has 0 spiro atoms. The van der Waals surface area contributed by atoms with Gasteiger partial charge in [0.25, 0.3) is 0 Å². The fourth-order valence-corrected chi connectivity index (χ4v) is 4.58. The van der Waals surface area contributed by atoms with Gasteiger partial charge in [-0.3, -0.25) is 10.3 Å². The Hall–Kier alpha value is -2.55. The van der Waals surface area contributed by atoms with Gasteiger partial charge in [-0.15, -0.1) is 0 Å². The summed E-state index contributed by atoms with van der Waals surface area (Å²) in [5.74, 6) is 0.523.